The molecule has 1 aromatic carbocycles. The molecule has 1 saturated heterocycles. The first-order valence-corrected chi connectivity index (χ1v) is 14.9. The van der Waals surface area contributed by atoms with Crippen LogP contribution in [0.1, 0.15) is 70.2 Å². The molecule has 1 fully saturated rings. The molecule has 9 heteroatoms. The fourth-order valence-corrected chi connectivity index (χ4v) is 5.33. The van der Waals surface area contributed by atoms with Crippen molar-refractivity contribution in [2.75, 3.05) is 25.4 Å². The second-order valence-corrected chi connectivity index (χ2v) is 11.3. The van der Waals surface area contributed by atoms with Gasteiger partial charge in [-0.1, -0.05) is 69.8 Å². The van der Waals surface area contributed by atoms with Crippen molar-refractivity contribution in [1.82, 2.24) is 24.5 Å². The van der Waals surface area contributed by atoms with Gasteiger partial charge in [-0.3, -0.25) is 9.80 Å². The van der Waals surface area contributed by atoms with Crippen LogP contribution in [0.2, 0.25) is 0 Å². The summed E-state index contributed by atoms with van der Waals surface area (Å²) in [6, 6.07) is 12.6. The van der Waals surface area contributed by atoms with Crippen LogP contribution in [-0.4, -0.2) is 61.3 Å². The van der Waals surface area contributed by atoms with Gasteiger partial charge in [0.25, 0.3) is 0 Å². The minimum atomic E-state index is -0.813. The van der Waals surface area contributed by atoms with Crippen LogP contribution in [0.4, 0.5) is 5.82 Å². The highest BCUT2D eigenvalue weighted by Crippen LogP contribution is 2.32. The predicted molar refractivity (Wildman–Crippen MR) is 173 cm³/mol. The van der Waals surface area contributed by atoms with Gasteiger partial charge in [0.15, 0.2) is 5.82 Å². The van der Waals surface area contributed by atoms with Crippen LogP contribution in [0.25, 0.3) is 5.52 Å². The van der Waals surface area contributed by atoms with E-state index in [0.717, 1.165) is 61.5 Å². The minimum absolute atomic E-state index is 0.0127. The third-order valence-electron chi connectivity index (χ3n) is 7.41. The van der Waals surface area contributed by atoms with E-state index in [1.165, 1.54) is 11.9 Å². The molecular weight excluding hydrogens is 524 g/mol. The normalized spacial score (nSPS) is 17.4. The van der Waals surface area contributed by atoms with Crippen molar-refractivity contribution in [1.29, 1.82) is 0 Å². The Morgan fingerprint density at radius 2 is 1.83 bits per heavy atom. The van der Waals surface area contributed by atoms with Gasteiger partial charge in [-0.05, 0) is 56.9 Å². The SMILES string of the molecule is C=C/C=C\C1=NN(Cc2ccccc2)CC1C.CC.Cc1cc(C2CCN(C(=O)C(C)(C)N)CC2)n2ncnc(N)c12. The summed E-state index contributed by atoms with van der Waals surface area (Å²) in [5.74, 6) is 1.37. The molecule has 1 atom stereocenters. The zero-order valence-corrected chi connectivity index (χ0v) is 26.1. The average molecular weight is 573 g/mol. The molecule has 2 aliphatic rings. The van der Waals surface area contributed by atoms with E-state index in [1.54, 1.807) is 19.9 Å². The van der Waals surface area contributed by atoms with Gasteiger partial charge in [0.2, 0.25) is 5.91 Å². The molecule has 0 radical (unpaired) electrons. The summed E-state index contributed by atoms with van der Waals surface area (Å²) in [4.78, 5) is 18.2. The van der Waals surface area contributed by atoms with E-state index >= 15 is 0 Å². The van der Waals surface area contributed by atoms with Crippen LogP contribution < -0.4 is 11.5 Å². The van der Waals surface area contributed by atoms with Crippen molar-refractivity contribution in [3.05, 3.63) is 84.4 Å². The number of nitrogens with two attached hydrogens (primary N) is 2. The highest BCUT2D eigenvalue weighted by atomic mass is 16.2. The molecule has 9 nitrogen and oxygen atoms in total. The van der Waals surface area contributed by atoms with Gasteiger partial charge in [0, 0.05) is 37.2 Å². The summed E-state index contributed by atoms with van der Waals surface area (Å²) >= 11 is 0. The Bertz CT molecular complexity index is 1380. The lowest BCUT2D eigenvalue weighted by Crippen LogP contribution is -2.53. The first-order chi connectivity index (χ1) is 20.1. The maximum absolute atomic E-state index is 12.3. The Morgan fingerprint density at radius 3 is 2.45 bits per heavy atom. The summed E-state index contributed by atoms with van der Waals surface area (Å²) < 4.78 is 1.90. The number of likely N-dealkylation sites (tertiary alicyclic amines) is 1. The molecule has 2 aromatic heterocycles. The highest BCUT2D eigenvalue weighted by Gasteiger charge is 2.32. The quantitative estimate of drug-likeness (QED) is 0.386. The van der Waals surface area contributed by atoms with E-state index in [4.69, 9.17) is 11.5 Å². The van der Waals surface area contributed by atoms with E-state index in [9.17, 15) is 4.79 Å². The van der Waals surface area contributed by atoms with E-state index in [0.29, 0.717) is 17.7 Å². The lowest BCUT2D eigenvalue weighted by atomic mass is 9.92. The number of carbonyl (C=O) groups is 1. The number of allylic oxidation sites excluding steroid dienone is 3. The molecule has 2 aliphatic heterocycles. The number of piperidine rings is 1. The topological polar surface area (TPSA) is 118 Å². The molecule has 42 heavy (non-hydrogen) atoms. The van der Waals surface area contributed by atoms with Gasteiger partial charge in [-0.25, -0.2) is 9.50 Å². The molecule has 4 heterocycles. The van der Waals surface area contributed by atoms with Crippen LogP contribution in [0.15, 0.2) is 72.6 Å². The zero-order chi connectivity index (χ0) is 30.9. The Balaban J connectivity index is 0.000000227. The summed E-state index contributed by atoms with van der Waals surface area (Å²) in [6.45, 7) is 18.7. The number of benzene rings is 1. The third-order valence-corrected chi connectivity index (χ3v) is 7.41. The standard InChI is InChI=1S/C16H24N6O.C15H18N2.C2H6/c1-10-8-12(22-13(10)14(17)19-9-20-22)11-4-6-21(7-5-11)15(23)16(2,3)18;1-3-4-10-15-13(2)11-17(16-15)12-14-8-6-5-7-9-14;1-2/h8-9,11H,4-7,18H2,1-3H3,(H2,17,19,20);3-10,13H,1,11-12H2,2H3;1-2H3/b;10-4-;. The number of hydrogen-bond acceptors (Lipinski definition) is 7. The number of aryl methyl sites for hydroxylation is 1. The van der Waals surface area contributed by atoms with Crippen molar-refractivity contribution in [2.45, 2.75) is 72.4 Å². The number of hydrazone groups is 1. The van der Waals surface area contributed by atoms with Crippen molar-refractivity contribution in [3.8, 4) is 0 Å². The van der Waals surface area contributed by atoms with E-state index in [2.05, 4.69) is 64.0 Å². The molecule has 0 bridgehead atoms. The Kier molecular flexibility index (Phi) is 11.4. The summed E-state index contributed by atoms with van der Waals surface area (Å²) in [5.41, 5.74) is 16.6. The zero-order valence-electron chi connectivity index (χ0n) is 26.1. The van der Waals surface area contributed by atoms with Crippen molar-refractivity contribution in [2.24, 2.45) is 16.8 Å². The monoisotopic (exact) mass is 572 g/mol. The molecular formula is C33H48N8O. The van der Waals surface area contributed by atoms with Crippen molar-refractivity contribution >= 4 is 23.0 Å². The van der Waals surface area contributed by atoms with Gasteiger partial charge in [-0.2, -0.15) is 10.2 Å². The first kappa shape index (κ1) is 32.5. The lowest BCUT2D eigenvalue weighted by molar-refractivity contribution is -0.136. The predicted octanol–water partition coefficient (Wildman–Crippen LogP) is 5.33. The highest BCUT2D eigenvalue weighted by molar-refractivity contribution is 5.97. The van der Waals surface area contributed by atoms with Gasteiger partial charge in [-0.15, -0.1) is 0 Å². The molecule has 0 aliphatic carbocycles. The molecule has 0 saturated carbocycles. The van der Waals surface area contributed by atoms with E-state index < -0.39 is 5.54 Å². The number of nitrogen functional groups attached to an aromatic ring is 1. The Labute approximate surface area is 251 Å². The molecule has 0 spiro atoms. The van der Waals surface area contributed by atoms with Crippen molar-refractivity contribution in [3.63, 3.8) is 0 Å². The molecule has 5 rings (SSSR count). The third kappa shape index (κ3) is 8.06. The number of anilines is 1. The molecule has 4 N–H and O–H groups in total. The van der Waals surface area contributed by atoms with Gasteiger partial charge >= 0.3 is 0 Å². The lowest BCUT2D eigenvalue weighted by Gasteiger charge is -2.35. The van der Waals surface area contributed by atoms with Crippen LogP contribution in [-0.2, 0) is 11.3 Å². The summed E-state index contributed by atoms with van der Waals surface area (Å²) in [7, 11) is 0. The Morgan fingerprint density at radius 1 is 1.17 bits per heavy atom. The van der Waals surface area contributed by atoms with Crippen LogP contribution in [0, 0.1) is 12.8 Å². The smallest absolute Gasteiger partial charge is 0.242 e. The van der Waals surface area contributed by atoms with E-state index in [1.807, 2.05) is 48.4 Å². The summed E-state index contributed by atoms with van der Waals surface area (Å²) in [6.07, 6.45) is 9.06. The van der Waals surface area contributed by atoms with Crippen LogP contribution in [0.3, 0.4) is 0 Å². The summed E-state index contributed by atoms with van der Waals surface area (Å²) in [5, 5.41) is 11.1. The van der Waals surface area contributed by atoms with Gasteiger partial charge in [0.05, 0.1) is 17.8 Å². The number of nitrogens with zero attached hydrogens (tertiary/aromatic N) is 6. The van der Waals surface area contributed by atoms with E-state index in [-0.39, 0.29) is 5.91 Å². The number of carbonyl (C=O) groups excluding carboxylic acids is 1. The van der Waals surface area contributed by atoms with Crippen LogP contribution in [0.5, 0.6) is 0 Å². The minimum Gasteiger partial charge on any atom is -0.382 e. The maximum Gasteiger partial charge on any atom is 0.242 e. The maximum atomic E-state index is 12.3. The number of fused-ring (bicyclic) bond motifs is 1. The molecule has 3 aromatic rings. The Hall–Kier alpha value is -3.98. The first-order valence-electron chi connectivity index (χ1n) is 14.9. The second kappa shape index (κ2) is 14.8. The van der Waals surface area contributed by atoms with Gasteiger partial charge in [0.1, 0.15) is 11.8 Å². The molecule has 1 amide bonds. The molecule has 1 unspecified atom stereocenters. The number of hydrogen-bond donors (Lipinski definition) is 2. The number of rotatable bonds is 6. The molecule has 226 valence electrons. The second-order valence-electron chi connectivity index (χ2n) is 11.3. The fraction of sp³-hybridized carbons (Fsp3) is 0.455. The fourth-order valence-electron chi connectivity index (χ4n) is 5.33. The van der Waals surface area contributed by atoms with Crippen LogP contribution >= 0.6 is 0 Å². The number of aromatic nitrogens is 3. The van der Waals surface area contributed by atoms with Gasteiger partial charge < -0.3 is 16.4 Å². The average Bonchev–Trinajstić information content (AvgIpc) is 3.52. The number of amides is 1. The van der Waals surface area contributed by atoms with Crippen molar-refractivity contribution < 1.29 is 4.79 Å². The largest absolute Gasteiger partial charge is 0.382 e.